The number of nitrogen functional groups attached to an aromatic ring is 1. The van der Waals surface area contributed by atoms with Crippen LogP contribution in [0.5, 0.6) is 0 Å². The molecule has 6 heteroatoms. The predicted molar refractivity (Wildman–Crippen MR) is 46.1 cm³/mol. The molecule has 12 heavy (non-hydrogen) atoms. The van der Waals surface area contributed by atoms with Gasteiger partial charge in [0.25, 0.3) is 0 Å². The third-order valence-corrected chi connectivity index (χ3v) is 1.64. The van der Waals surface area contributed by atoms with E-state index >= 15 is 0 Å². The van der Waals surface area contributed by atoms with Crippen molar-refractivity contribution in [2.75, 3.05) is 12.8 Å². The maximum Gasteiger partial charge on any atom is 0.202 e. The first-order valence-corrected chi connectivity index (χ1v) is 3.93. The smallest absolute Gasteiger partial charge is 0.202 e. The summed E-state index contributed by atoms with van der Waals surface area (Å²) in [5.41, 5.74) is 5.65. The molecule has 66 valence electrons. The number of rotatable bonds is 2. The average Bonchev–Trinajstić information content (AvgIpc) is 2.08. The van der Waals surface area contributed by atoms with Crippen LogP contribution in [0.15, 0.2) is 10.8 Å². The Kier molecular flexibility index (Phi) is 2.96. The number of aliphatic hydroxyl groups is 1. The predicted octanol–water partition coefficient (Wildman–Crippen LogP) is 0.459. The number of ether oxygens (including phenoxy) is 1. The molecule has 0 aliphatic rings. The van der Waals surface area contributed by atoms with Gasteiger partial charge < -0.3 is 15.6 Å². The molecule has 1 heterocycles. The van der Waals surface area contributed by atoms with Gasteiger partial charge in [-0.05, 0) is 15.9 Å². The highest BCUT2D eigenvalue weighted by atomic mass is 79.9. The van der Waals surface area contributed by atoms with E-state index in [2.05, 4.69) is 30.6 Å². The standard InChI is InChI=1S/C6H8BrN3O2/c1-12-6(11)4-5(8)9-2-3(7)10-4/h2,6,11H,1H3,(H2,8,9). The van der Waals surface area contributed by atoms with Crippen LogP contribution in [0.4, 0.5) is 5.82 Å². The lowest BCUT2D eigenvalue weighted by molar-refractivity contribution is -0.0795. The first kappa shape index (κ1) is 9.37. The van der Waals surface area contributed by atoms with E-state index in [1.807, 2.05) is 0 Å². The van der Waals surface area contributed by atoms with E-state index in [9.17, 15) is 5.11 Å². The molecule has 0 aliphatic heterocycles. The van der Waals surface area contributed by atoms with E-state index in [1.165, 1.54) is 13.3 Å². The highest BCUT2D eigenvalue weighted by Gasteiger charge is 2.12. The molecule has 1 unspecified atom stereocenters. The van der Waals surface area contributed by atoms with Gasteiger partial charge in [0.15, 0.2) is 5.82 Å². The van der Waals surface area contributed by atoms with Gasteiger partial charge in [0, 0.05) is 7.11 Å². The summed E-state index contributed by atoms with van der Waals surface area (Å²) in [6.45, 7) is 0. The molecular formula is C6H8BrN3O2. The zero-order chi connectivity index (χ0) is 9.14. The monoisotopic (exact) mass is 233 g/mol. The van der Waals surface area contributed by atoms with Crippen LogP contribution in [0.25, 0.3) is 0 Å². The molecule has 0 saturated carbocycles. The van der Waals surface area contributed by atoms with Crippen LogP contribution in [0.2, 0.25) is 0 Å². The van der Waals surface area contributed by atoms with Gasteiger partial charge in [-0.15, -0.1) is 0 Å². The number of methoxy groups -OCH3 is 1. The SMILES string of the molecule is COC(O)c1nc(Br)cnc1N. The van der Waals surface area contributed by atoms with E-state index < -0.39 is 6.29 Å². The van der Waals surface area contributed by atoms with Gasteiger partial charge in [0.05, 0.1) is 6.20 Å². The Bertz CT molecular complexity index is 281. The van der Waals surface area contributed by atoms with Crippen molar-refractivity contribution in [2.24, 2.45) is 0 Å². The van der Waals surface area contributed by atoms with E-state index in [0.717, 1.165) is 0 Å². The molecule has 0 bridgehead atoms. The maximum atomic E-state index is 9.21. The molecule has 0 fully saturated rings. The van der Waals surface area contributed by atoms with Crippen LogP contribution in [0, 0.1) is 0 Å². The minimum Gasteiger partial charge on any atom is -0.382 e. The third-order valence-electron chi connectivity index (χ3n) is 1.26. The Morgan fingerprint density at radius 3 is 3.00 bits per heavy atom. The largest absolute Gasteiger partial charge is 0.382 e. The summed E-state index contributed by atoms with van der Waals surface area (Å²) in [7, 11) is 1.35. The summed E-state index contributed by atoms with van der Waals surface area (Å²) in [6, 6.07) is 0. The minimum absolute atomic E-state index is 0.160. The van der Waals surface area contributed by atoms with E-state index in [4.69, 9.17) is 5.73 Å². The van der Waals surface area contributed by atoms with Crippen molar-refractivity contribution in [3.05, 3.63) is 16.5 Å². The number of nitrogens with zero attached hydrogens (tertiary/aromatic N) is 2. The lowest BCUT2D eigenvalue weighted by Crippen LogP contribution is -2.08. The molecule has 0 radical (unpaired) electrons. The lowest BCUT2D eigenvalue weighted by atomic mass is 10.4. The van der Waals surface area contributed by atoms with Crippen molar-refractivity contribution in [1.82, 2.24) is 9.97 Å². The van der Waals surface area contributed by atoms with Crippen molar-refractivity contribution in [2.45, 2.75) is 6.29 Å². The summed E-state index contributed by atoms with van der Waals surface area (Å²) in [6.07, 6.45) is 0.316. The first-order valence-electron chi connectivity index (χ1n) is 3.14. The van der Waals surface area contributed by atoms with Crippen LogP contribution in [-0.2, 0) is 4.74 Å². The normalized spacial score (nSPS) is 12.9. The summed E-state index contributed by atoms with van der Waals surface area (Å²) >= 11 is 3.10. The van der Waals surface area contributed by atoms with Gasteiger partial charge in [-0.3, -0.25) is 0 Å². The van der Waals surface area contributed by atoms with Crippen LogP contribution < -0.4 is 5.73 Å². The molecule has 1 rings (SSSR count). The van der Waals surface area contributed by atoms with Gasteiger partial charge in [-0.2, -0.15) is 0 Å². The van der Waals surface area contributed by atoms with Crippen molar-refractivity contribution in [1.29, 1.82) is 0 Å². The summed E-state index contributed by atoms with van der Waals surface area (Å²) in [4.78, 5) is 7.67. The quantitative estimate of drug-likeness (QED) is 0.726. The van der Waals surface area contributed by atoms with Crippen molar-refractivity contribution in [3.8, 4) is 0 Å². The molecule has 0 amide bonds. The Labute approximate surface area is 77.7 Å². The third kappa shape index (κ3) is 1.90. The Morgan fingerprint density at radius 2 is 2.42 bits per heavy atom. The van der Waals surface area contributed by atoms with Crippen molar-refractivity contribution >= 4 is 21.7 Å². The zero-order valence-corrected chi connectivity index (χ0v) is 7.95. The number of hydrogen-bond donors (Lipinski definition) is 2. The van der Waals surface area contributed by atoms with Crippen LogP contribution in [-0.4, -0.2) is 22.2 Å². The maximum absolute atomic E-state index is 9.21. The molecule has 0 aromatic carbocycles. The molecular weight excluding hydrogens is 226 g/mol. The fourth-order valence-electron chi connectivity index (χ4n) is 0.684. The number of aromatic nitrogens is 2. The molecule has 1 aromatic rings. The van der Waals surface area contributed by atoms with Gasteiger partial charge in [0.1, 0.15) is 10.3 Å². The number of hydrogen-bond acceptors (Lipinski definition) is 5. The van der Waals surface area contributed by atoms with E-state index in [1.54, 1.807) is 0 Å². The molecule has 1 atom stereocenters. The fourth-order valence-corrected chi connectivity index (χ4v) is 0.977. The molecule has 1 aromatic heterocycles. The summed E-state index contributed by atoms with van der Waals surface area (Å²) < 4.78 is 5.13. The first-order chi connectivity index (χ1) is 5.65. The number of nitrogens with two attached hydrogens (primary N) is 1. The molecule has 0 aliphatic carbocycles. The minimum atomic E-state index is -1.13. The molecule has 5 nitrogen and oxygen atoms in total. The highest BCUT2D eigenvalue weighted by Crippen LogP contribution is 2.18. The number of anilines is 1. The number of halogens is 1. The molecule has 3 N–H and O–H groups in total. The highest BCUT2D eigenvalue weighted by molar-refractivity contribution is 9.10. The fraction of sp³-hybridized carbons (Fsp3) is 0.333. The average molecular weight is 234 g/mol. The van der Waals surface area contributed by atoms with E-state index in [0.29, 0.717) is 4.60 Å². The Morgan fingerprint density at radius 1 is 1.75 bits per heavy atom. The van der Waals surface area contributed by atoms with Gasteiger partial charge in [0.2, 0.25) is 6.29 Å². The zero-order valence-electron chi connectivity index (χ0n) is 6.36. The second-order valence-corrected chi connectivity index (χ2v) is 2.86. The number of aliphatic hydroxyl groups excluding tert-OH is 1. The molecule has 0 saturated heterocycles. The van der Waals surface area contributed by atoms with Gasteiger partial charge in [-0.1, -0.05) is 0 Å². The van der Waals surface area contributed by atoms with Gasteiger partial charge in [-0.25, -0.2) is 9.97 Å². The van der Waals surface area contributed by atoms with Crippen molar-refractivity contribution in [3.63, 3.8) is 0 Å². The van der Waals surface area contributed by atoms with Crippen LogP contribution in [0.1, 0.15) is 12.0 Å². The Balaban J connectivity index is 3.04. The Hall–Kier alpha value is -0.720. The van der Waals surface area contributed by atoms with Gasteiger partial charge >= 0.3 is 0 Å². The summed E-state index contributed by atoms with van der Waals surface area (Å²) in [5.74, 6) is 0.160. The second kappa shape index (κ2) is 3.79. The van der Waals surface area contributed by atoms with Crippen molar-refractivity contribution < 1.29 is 9.84 Å². The van der Waals surface area contributed by atoms with Crippen LogP contribution in [0.3, 0.4) is 0 Å². The molecule has 0 spiro atoms. The lowest BCUT2D eigenvalue weighted by Gasteiger charge is -2.09. The topological polar surface area (TPSA) is 81.3 Å². The summed E-state index contributed by atoms with van der Waals surface area (Å²) in [5, 5.41) is 9.21. The van der Waals surface area contributed by atoms with E-state index in [-0.39, 0.29) is 11.5 Å². The second-order valence-electron chi connectivity index (χ2n) is 2.05. The van der Waals surface area contributed by atoms with Crippen LogP contribution >= 0.6 is 15.9 Å².